The van der Waals surface area contributed by atoms with Crippen molar-refractivity contribution in [1.82, 2.24) is 15.1 Å². The Bertz CT molecular complexity index is 328. The summed E-state index contributed by atoms with van der Waals surface area (Å²) in [5.41, 5.74) is 5.38. The number of halogens is 2. The molecule has 22 heavy (non-hydrogen) atoms. The van der Waals surface area contributed by atoms with Gasteiger partial charge in [-0.15, -0.1) is 24.8 Å². The van der Waals surface area contributed by atoms with Crippen LogP contribution in [0.4, 0.5) is 0 Å². The molecule has 1 aliphatic heterocycles. The van der Waals surface area contributed by atoms with Crippen LogP contribution in [0.2, 0.25) is 0 Å². The molecule has 2 amide bonds. The molecule has 1 atom stereocenters. The normalized spacial score (nSPS) is 17.5. The van der Waals surface area contributed by atoms with Gasteiger partial charge in [0.15, 0.2) is 0 Å². The van der Waals surface area contributed by atoms with E-state index in [4.69, 9.17) is 5.73 Å². The molecule has 0 saturated carbocycles. The summed E-state index contributed by atoms with van der Waals surface area (Å²) in [6, 6.07) is 0. The predicted octanol–water partition coefficient (Wildman–Crippen LogP) is 0.485. The van der Waals surface area contributed by atoms with E-state index in [1.807, 2.05) is 4.90 Å². The molecule has 1 fully saturated rings. The van der Waals surface area contributed by atoms with Crippen LogP contribution in [0, 0.1) is 5.92 Å². The van der Waals surface area contributed by atoms with Crippen LogP contribution >= 0.6 is 24.8 Å². The van der Waals surface area contributed by atoms with E-state index in [9.17, 15) is 9.59 Å². The van der Waals surface area contributed by atoms with Crippen LogP contribution in [-0.2, 0) is 9.59 Å². The Hall–Kier alpha value is -0.560. The molecule has 6 nitrogen and oxygen atoms in total. The highest BCUT2D eigenvalue weighted by Crippen LogP contribution is 2.17. The number of nitrogens with two attached hydrogens (primary N) is 1. The van der Waals surface area contributed by atoms with E-state index in [0.717, 1.165) is 32.5 Å². The smallest absolute Gasteiger partial charge is 0.236 e. The molecule has 3 N–H and O–H groups in total. The summed E-state index contributed by atoms with van der Waals surface area (Å²) in [4.78, 5) is 28.1. The fourth-order valence-electron chi connectivity index (χ4n) is 2.50. The molecule has 0 aliphatic carbocycles. The van der Waals surface area contributed by atoms with Crippen LogP contribution in [0.25, 0.3) is 0 Å². The third kappa shape index (κ3) is 7.63. The van der Waals surface area contributed by atoms with Crippen molar-refractivity contribution in [1.29, 1.82) is 0 Å². The third-order valence-electron chi connectivity index (χ3n) is 3.84. The topological polar surface area (TPSA) is 78.7 Å². The number of nitrogens with zero attached hydrogens (tertiary/aromatic N) is 2. The summed E-state index contributed by atoms with van der Waals surface area (Å²) in [5, 5.41) is 2.81. The first-order valence-electron chi connectivity index (χ1n) is 7.60. The van der Waals surface area contributed by atoms with Gasteiger partial charge in [-0.2, -0.15) is 0 Å². The number of likely N-dealkylation sites (N-methyl/N-ethyl adjacent to an activating group) is 1. The molecule has 0 aromatic heterocycles. The lowest BCUT2D eigenvalue weighted by Crippen LogP contribution is -2.48. The van der Waals surface area contributed by atoms with Crippen LogP contribution in [0.15, 0.2) is 0 Å². The number of carbonyl (C=O) groups excluding carboxylic acids is 2. The second-order valence-electron chi connectivity index (χ2n) is 5.22. The Morgan fingerprint density at radius 2 is 1.91 bits per heavy atom. The van der Waals surface area contributed by atoms with Crippen LogP contribution in [-0.4, -0.2) is 67.4 Å². The number of piperidine rings is 1. The Kier molecular flexibility index (Phi) is 13.9. The molecule has 0 bridgehead atoms. The van der Waals surface area contributed by atoms with Gasteiger partial charge in [-0.1, -0.05) is 13.8 Å². The zero-order valence-electron chi connectivity index (χ0n) is 13.5. The van der Waals surface area contributed by atoms with E-state index in [2.05, 4.69) is 24.1 Å². The van der Waals surface area contributed by atoms with Gasteiger partial charge in [0.05, 0.1) is 12.5 Å². The van der Waals surface area contributed by atoms with E-state index in [1.165, 1.54) is 0 Å². The Labute approximate surface area is 146 Å². The quantitative estimate of drug-likeness (QED) is 0.695. The van der Waals surface area contributed by atoms with Gasteiger partial charge >= 0.3 is 0 Å². The molecule has 0 spiro atoms. The minimum absolute atomic E-state index is 0. The molecule has 0 aromatic rings. The number of amides is 2. The van der Waals surface area contributed by atoms with Gasteiger partial charge in [-0.05, 0) is 25.9 Å². The SMILES string of the molecule is CCN(CC)CC(=O)N1CCCC(C(=O)NCCN)C1.Cl.Cl. The first-order valence-corrected chi connectivity index (χ1v) is 7.60. The van der Waals surface area contributed by atoms with E-state index >= 15 is 0 Å². The second-order valence-corrected chi connectivity index (χ2v) is 5.22. The van der Waals surface area contributed by atoms with Gasteiger partial charge in [0.1, 0.15) is 0 Å². The highest BCUT2D eigenvalue weighted by Gasteiger charge is 2.28. The van der Waals surface area contributed by atoms with Crippen molar-refractivity contribution in [2.24, 2.45) is 11.7 Å². The fraction of sp³-hybridized carbons (Fsp3) is 0.857. The average Bonchev–Trinajstić information content (AvgIpc) is 2.50. The molecular formula is C14H30Cl2N4O2. The number of nitrogens with one attached hydrogen (secondary N) is 1. The van der Waals surface area contributed by atoms with Gasteiger partial charge in [-0.3, -0.25) is 14.5 Å². The lowest BCUT2D eigenvalue weighted by Gasteiger charge is -2.33. The van der Waals surface area contributed by atoms with Gasteiger partial charge in [0.2, 0.25) is 11.8 Å². The summed E-state index contributed by atoms with van der Waals surface area (Å²) in [5.74, 6) is 0.0665. The number of likely N-dealkylation sites (tertiary alicyclic amines) is 1. The number of carbonyl (C=O) groups is 2. The summed E-state index contributed by atoms with van der Waals surface area (Å²) < 4.78 is 0. The van der Waals surface area contributed by atoms with Crippen LogP contribution in [0.5, 0.6) is 0 Å². The van der Waals surface area contributed by atoms with E-state index in [-0.39, 0.29) is 42.5 Å². The Balaban J connectivity index is 0. The molecule has 1 aliphatic rings. The predicted molar refractivity (Wildman–Crippen MR) is 93.7 cm³/mol. The molecular weight excluding hydrogens is 327 g/mol. The maximum absolute atomic E-state index is 12.2. The van der Waals surface area contributed by atoms with Crippen molar-refractivity contribution in [3.05, 3.63) is 0 Å². The number of hydrogen-bond acceptors (Lipinski definition) is 4. The van der Waals surface area contributed by atoms with Crippen molar-refractivity contribution < 1.29 is 9.59 Å². The first kappa shape index (κ1) is 23.7. The summed E-state index contributed by atoms with van der Waals surface area (Å²) in [6.07, 6.45) is 1.75. The van der Waals surface area contributed by atoms with Gasteiger partial charge in [0.25, 0.3) is 0 Å². The zero-order chi connectivity index (χ0) is 15.0. The third-order valence-corrected chi connectivity index (χ3v) is 3.84. The molecule has 1 heterocycles. The summed E-state index contributed by atoms with van der Waals surface area (Å²) >= 11 is 0. The Morgan fingerprint density at radius 3 is 2.45 bits per heavy atom. The van der Waals surface area contributed by atoms with E-state index in [0.29, 0.717) is 26.2 Å². The maximum atomic E-state index is 12.2. The summed E-state index contributed by atoms with van der Waals surface area (Å²) in [6.45, 7) is 8.55. The van der Waals surface area contributed by atoms with Gasteiger partial charge in [-0.25, -0.2) is 0 Å². The average molecular weight is 357 g/mol. The van der Waals surface area contributed by atoms with Crippen molar-refractivity contribution in [3.8, 4) is 0 Å². The largest absolute Gasteiger partial charge is 0.355 e. The Morgan fingerprint density at radius 1 is 1.27 bits per heavy atom. The van der Waals surface area contributed by atoms with Crippen molar-refractivity contribution in [2.45, 2.75) is 26.7 Å². The van der Waals surface area contributed by atoms with E-state index < -0.39 is 0 Å². The molecule has 8 heteroatoms. The summed E-state index contributed by atoms with van der Waals surface area (Å²) in [7, 11) is 0. The lowest BCUT2D eigenvalue weighted by atomic mass is 9.97. The van der Waals surface area contributed by atoms with Crippen molar-refractivity contribution >= 4 is 36.6 Å². The molecule has 1 saturated heterocycles. The van der Waals surface area contributed by atoms with Crippen molar-refractivity contribution in [2.75, 3.05) is 45.8 Å². The standard InChI is InChI=1S/C14H28N4O2.2ClH/c1-3-17(4-2)11-13(19)18-9-5-6-12(10-18)14(20)16-8-7-15;;/h12H,3-11,15H2,1-2H3,(H,16,20);2*1H. The van der Waals surface area contributed by atoms with Gasteiger partial charge < -0.3 is 16.0 Å². The monoisotopic (exact) mass is 356 g/mol. The number of hydrogen-bond donors (Lipinski definition) is 2. The highest BCUT2D eigenvalue weighted by atomic mass is 35.5. The highest BCUT2D eigenvalue weighted by molar-refractivity contribution is 5.85. The van der Waals surface area contributed by atoms with Crippen LogP contribution in [0.1, 0.15) is 26.7 Å². The molecule has 1 rings (SSSR count). The van der Waals surface area contributed by atoms with Crippen LogP contribution < -0.4 is 11.1 Å². The second kappa shape index (κ2) is 12.9. The fourth-order valence-corrected chi connectivity index (χ4v) is 2.50. The number of rotatable bonds is 7. The zero-order valence-corrected chi connectivity index (χ0v) is 15.2. The minimum Gasteiger partial charge on any atom is -0.355 e. The molecule has 0 aromatic carbocycles. The molecule has 132 valence electrons. The van der Waals surface area contributed by atoms with E-state index in [1.54, 1.807) is 0 Å². The first-order chi connectivity index (χ1) is 9.62. The molecule has 0 radical (unpaired) electrons. The maximum Gasteiger partial charge on any atom is 0.236 e. The molecule has 1 unspecified atom stereocenters. The van der Waals surface area contributed by atoms with Gasteiger partial charge in [0, 0.05) is 26.2 Å². The minimum atomic E-state index is -0.0871. The van der Waals surface area contributed by atoms with Crippen LogP contribution in [0.3, 0.4) is 0 Å². The van der Waals surface area contributed by atoms with Crippen molar-refractivity contribution in [3.63, 3.8) is 0 Å². The lowest BCUT2D eigenvalue weighted by molar-refractivity contribution is -0.136.